The van der Waals surface area contributed by atoms with Crippen molar-refractivity contribution in [3.63, 3.8) is 0 Å². The van der Waals surface area contributed by atoms with Gasteiger partial charge in [-0.1, -0.05) is 13.3 Å². The first-order chi connectivity index (χ1) is 14.2. The summed E-state index contributed by atoms with van der Waals surface area (Å²) in [7, 11) is 1.84. The highest BCUT2D eigenvalue weighted by Crippen LogP contribution is 2.28. The summed E-state index contributed by atoms with van der Waals surface area (Å²) in [6.45, 7) is 12.7. The summed E-state index contributed by atoms with van der Waals surface area (Å²) in [5.41, 5.74) is 0. The highest BCUT2D eigenvalue weighted by molar-refractivity contribution is 5.80. The topological polar surface area (TPSA) is 63.2 Å². The minimum Gasteiger partial charge on any atom is -0.356 e. The summed E-state index contributed by atoms with van der Waals surface area (Å²) in [6, 6.07) is 0. The number of likely N-dealkylation sites (tertiary alicyclic amines) is 1. The van der Waals surface area contributed by atoms with E-state index in [1.165, 1.54) is 38.9 Å². The molecule has 0 bridgehead atoms. The molecule has 0 unspecified atom stereocenters. The van der Waals surface area contributed by atoms with Gasteiger partial charge in [-0.2, -0.15) is 0 Å². The molecule has 0 aromatic rings. The second-order valence-corrected chi connectivity index (χ2v) is 9.10. The third-order valence-electron chi connectivity index (χ3n) is 6.90. The van der Waals surface area contributed by atoms with Gasteiger partial charge in [-0.05, 0) is 57.7 Å². The van der Waals surface area contributed by atoms with E-state index in [2.05, 4.69) is 37.2 Å². The molecule has 3 aliphatic rings. The number of piperazine rings is 1. The fourth-order valence-corrected chi connectivity index (χ4v) is 4.45. The molecule has 3 rings (SSSR count). The van der Waals surface area contributed by atoms with E-state index in [9.17, 15) is 4.79 Å². The van der Waals surface area contributed by atoms with Gasteiger partial charge in [0.15, 0.2) is 5.96 Å². The predicted molar refractivity (Wildman–Crippen MR) is 119 cm³/mol. The molecule has 0 atom stereocenters. The van der Waals surface area contributed by atoms with Gasteiger partial charge in [0.25, 0.3) is 0 Å². The summed E-state index contributed by atoms with van der Waals surface area (Å²) < 4.78 is 0. The van der Waals surface area contributed by atoms with E-state index < -0.39 is 0 Å². The van der Waals surface area contributed by atoms with E-state index in [-0.39, 0.29) is 0 Å². The number of hydrogen-bond acceptors (Lipinski definition) is 4. The van der Waals surface area contributed by atoms with Crippen LogP contribution in [0.15, 0.2) is 4.99 Å². The second-order valence-electron chi connectivity index (χ2n) is 9.10. The number of aliphatic imine (C=N–C) groups is 1. The third-order valence-corrected chi connectivity index (χ3v) is 6.90. The number of piperidine rings is 1. The molecule has 3 fully saturated rings. The first-order valence-corrected chi connectivity index (χ1v) is 11.8. The fraction of sp³-hybridized carbons (Fsp3) is 0.909. The number of carbonyl (C=O) groups is 1. The summed E-state index contributed by atoms with van der Waals surface area (Å²) >= 11 is 0. The Balaban J connectivity index is 1.21. The Morgan fingerprint density at radius 1 is 0.897 bits per heavy atom. The van der Waals surface area contributed by atoms with Gasteiger partial charge < -0.3 is 20.4 Å². The maximum absolute atomic E-state index is 12.3. The molecule has 0 aromatic carbocycles. The van der Waals surface area contributed by atoms with E-state index in [0.717, 1.165) is 77.0 Å². The molecule has 1 saturated carbocycles. The lowest BCUT2D eigenvalue weighted by Gasteiger charge is -2.38. The Morgan fingerprint density at radius 2 is 1.55 bits per heavy atom. The standard InChI is InChI=1S/C22H42N6O/c1-19-7-12-26(13-8-19)11-4-9-24-22(23-2)25-10-14-27-15-17-28(18-16-27)21(29)20-5-3-6-20/h19-20H,3-18H2,1-2H3,(H2,23,24,25). The van der Waals surface area contributed by atoms with E-state index in [1.807, 2.05) is 7.05 Å². The van der Waals surface area contributed by atoms with Crippen molar-refractivity contribution in [1.29, 1.82) is 0 Å². The molecule has 29 heavy (non-hydrogen) atoms. The molecule has 2 aliphatic heterocycles. The van der Waals surface area contributed by atoms with Crippen molar-refractivity contribution in [2.24, 2.45) is 16.8 Å². The Morgan fingerprint density at radius 3 is 2.17 bits per heavy atom. The summed E-state index contributed by atoms with van der Waals surface area (Å²) in [5, 5.41) is 6.88. The minimum absolute atomic E-state index is 0.330. The van der Waals surface area contributed by atoms with Gasteiger partial charge in [0.1, 0.15) is 0 Å². The van der Waals surface area contributed by atoms with Gasteiger partial charge in [0.2, 0.25) is 5.91 Å². The fourth-order valence-electron chi connectivity index (χ4n) is 4.45. The van der Waals surface area contributed by atoms with Gasteiger partial charge >= 0.3 is 0 Å². The molecule has 0 aromatic heterocycles. The third kappa shape index (κ3) is 7.14. The van der Waals surface area contributed by atoms with E-state index >= 15 is 0 Å². The van der Waals surface area contributed by atoms with Crippen molar-refractivity contribution < 1.29 is 4.79 Å². The number of rotatable bonds is 8. The first kappa shape index (κ1) is 22.3. The molecule has 0 spiro atoms. The Labute approximate surface area is 177 Å². The lowest BCUT2D eigenvalue weighted by molar-refractivity contribution is -0.139. The quantitative estimate of drug-likeness (QED) is 0.361. The summed E-state index contributed by atoms with van der Waals surface area (Å²) in [5.74, 6) is 2.53. The molecule has 7 nitrogen and oxygen atoms in total. The van der Waals surface area contributed by atoms with Crippen LogP contribution >= 0.6 is 0 Å². The van der Waals surface area contributed by atoms with Crippen molar-refractivity contribution in [2.45, 2.75) is 45.4 Å². The van der Waals surface area contributed by atoms with E-state index in [4.69, 9.17) is 0 Å². The Hall–Kier alpha value is -1.34. The molecule has 2 heterocycles. The van der Waals surface area contributed by atoms with Crippen LogP contribution in [0.4, 0.5) is 0 Å². The SMILES string of the molecule is CN=C(NCCCN1CCC(C)CC1)NCCN1CCN(C(=O)C2CCC2)CC1. The first-order valence-electron chi connectivity index (χ1n) is 11.8. The molecule has 2 saturated heterocycles. The molecule has 1 amide bonds. The minimum atomic E-state index is 0.330. The molecular formula is C22H42N6O. The lowest BCUT2D eigenvalue weighted by atomic mass is 9.84. The van der Waals surface area contributed by atoms with Crippen molar-refractivity contribution in [3.05, 3.63) is 0 Å². The lowest BCUT2D eigenvalue weighted by Crippen LogP contribution is -2.52. The monoisotopic (exact) mass is 406 g/mol. The van der Waals surface area contributed by atoms with Crippen LogP contribution in [-0.4, -0.2) is 99.1 Å². The van der Waals surface area contributed by atoms with Crippen LogP contribution in [0.5, 0.6) is 0 Å². The van der Waals surface area contributed by atoms with Crippen molar-refractivity contribution in [2.75, 3.05) is 72.5 Å². The van der Waals surface area contributed by atoms with Gasteiger partial charge in [0.05, 0.1) is 0 Å². The number of carbonyl (C=O) groups excluding carboxylic acids is 1. The number of amides is 1. The summed E-state index contributed by atoms with van der Waals surface area (Å²) in [6.07, 6.45) is 7.29. The maximum Gasteiger partial charge on any atom is 0.225 e. The van der Waals surface area contributed by atoms with Crippen molar-refractivity contribution in [3.8, 4) is 0 Å². The zero-order valence-corrected chi connectivity index (χ0v) is 18.7. The van der Waals surface area contributed by atoms with E-state index in [1.54, 1.807) is 0 Å². The van der Waals surface area contributed by atoms with Gasteiger partial charge in [-0.15, -0.1) is 0 Å². The van der Waals surface area contributed by atoms with Crippen LogP contribution in [0.3, 0.4) is 0 Å². The number of nitrogens with one attached hydrogen (secondary N) is 2. The Kier molecular flexibility index (Phi) is 9.05. The van der Waals surface area contributed by atoms with E-state index in [0.29, 0.717) is 11.8 Å². The predicted octanol–water partition coefficient (Wildman–Crippen LogP) is 1.22. The molecular weight excluding hydrogens is 364 g/mol. The molecule has 1 aliphatic carbocycles. The average Bonchev–Trinajstić information content (AvgIpc) is 2.70. The average molecular weight is 407 g/mol. The molecule has 7 heteroatoms. The van der Waals surface area contributed by atoms with Gasteiger partial charge in [-0.3, -0.25) is 14.7 Å². The van der Waals surface area contributed by atoms with Gasteiger partial charge in [0, 0.05) is 58.8 Å². The summed E-state index contributed by atoms with van der Waals surface area (Å²) in [4.78, 5) is 23.8. The van der Waals surface area contributed by atoms with Gasteiger partial charge in [-0.25, -0.2) is 0 Å². The number of nitrogens with zero attached hydrogens (tertiary/aromatic N) is 4. The molecule has 0 radical (unpaired) electrons. The van der Waals surface area contributed by atoms with Crippen LogP contribution in [0, 0.1) is 11.8 Å². The normalized spacial score (nSPS) is 23.1. The number of hydrogen-bond donors (Lipinski definition) is 2. The maximum atomic E-state index is 12.3. The van der Waals surface area contributed by atoms with Crippen molar-refractivity contribution >= 4 is 11.9 Å². The van der Waals surface area contributed by atoms with Crippen LogP contribution in [0.25, 0.3) is 0 Å². The highest BCUT2D eigenvalue weighted by Gasteiger charge is 2.31. The van der Waals surface area contributed by atoms with Crippen LogP contribution < -0.4 is 10.6 Å². The second kappa shape index (κ2) is 11.7. The van der Waals surface area contributed by atoms with Crippen LogP contribution in [0.2, 0.25) is 0 Å². The highest BCUT2D eigenvalue weighted by atomic mass is 16.2. The van der Waals surface area contributed by atoms with Crippen molar-refractivity contribution in [1.82, 2.24) is 25.3 Å². The zero-order valence-electron chi connectivity index (χ0n) is 18.7. The largest absolute Gasteiger partial charge is 0.356 e. The smallest absolute Gasteiger partial charge is 0.225 e. The van der Waals surface area contributed by atoms with Crippen LogP contribution in [-0.2, 0) is 4.79 Å². The van der Waals surface area contributed by atoms with Crippen LogP contribution in [0.1, 0.15) is 45.4 Å². The number of guanidine groups is 1. The molecule has 166 valence electrons. The zero-order chi connectivity index (χ0) is 20.5. The molecule has 2 N–H and O–H groups in total. The Bertz CT molecular complexity index is 519.